The summed E-state index contributed by atoms with van der Waals surface area (Å²) in [6.07, 6.45) is -4.44. The number of carbonyl (C=O) groups is 5. The molecule has 0 spiro atoms. The molecular weight excluding hydrogens is 366 g/mol. The number of aliphatic hydroxyl groups is 1. The van der Waals surface area contributed by atoms with E-state index in [1.54, 1.807) is 0 Å². The van der Waals surface area contributed by atoms with Gasteiger partial charge in [-0.15, -0.1) is 0 Å². The third kappa shape index (κ3) is 5.64. The van der Waals surface area contributed by atoms with Gasteiger partial charge in [-0.3, -0.25) is 24.0 Å². The van der Waals surface area contributed by atoms with Crippen molar-refractivity contribution < 1.29 is 48.0 Å². The second kappa shape index (κ2) is 8.80. The normalized spacial score (nSPS) is 29.4. The summed E-state index contributed by atoms with van der Waals surface area (Å²) in [6, 6.07) is -1.40. The maximum Gasteiger partial charge on any atom is 0.303 e. The van der Waals surface area contributed by atoms with Crippen LogP contribution in [0.2, 0.25) is 0 Å². The Morgan fingerprint density at radius 1 is 0.815 bits per heavy atom. The van der Waals surface area contributed by atoms with Crippen LogP contribution in [0.15, 0.2) is 0 Å². The van der Waals surface area contributed by atoms with Crippen molar-refractivity contribution in [1.82, 2.24) is 5.32 Å². The van der Waals surface area contributed by atoms with Gasteiger partial charge in [-0.05, 0) is 0 Å². The maximum absolute atomic E-state index is 11.6. The maximum atomic E-state index is 11.6. The first-order valence-electron chi connectivity index (χ1n) is 8.03. The van der Waals surface area contributed by atoms with Crippen molar-refractivity contribution >= 4 is 29.8 Å². The first-order valence-corrected chi connectivity index (χ1v) is 8.03. The monoisotopic (exact) mass is 389 g/mol. The summed E-state index contributed by atoms with van der Waals surface area (Å²) in [6.45, 7) is 4.67. The molecule has 1 rings (SSSR count). The fraction of sp³-hybridized carbons (Fsp3) is 0.688. The van der Waals surface area contributed by atoms with Crippen molar-refractivity contribution in [3.05, 3.63) is 0 Å². The van der Waals surface area contributed by atoms with Crippen LogP contribution < -0.4 is 5.32 Å². The van der Waals surface area contributed by atoms with Crippen LogP contribution in [0.25, 0.3) is 0 Å². The molecule has 11 heteroatoms. The molecule has 1 amide bonds. The third-order valence-electron chi connectivity index (χ3n) is 3.74. The molecule has 1 aliphatic carbocycles. The first kappa shape index (κ1) is 22.4. The molecule has 0 aromatic rings. The molecule has 11 nitrogen and oxygen atoms in total. The van der Waals surface area contributed by atoms with Crippen LogP contribution in [0, 0.1) is 0 Å². The lowest BCUT2D eigenvalue weighted by Gasteiger charge is -2.34. The molecule has 0 unspecified atom stereocenters. The van der Waals surface area contributed by atoms with Crippen LogP contribution in [0.4, 0.5) is 0 Å². The molecule has 27 heavy (non-hydrogen) atoms. The minimum Gasteiger partial charge on any atom is -0.463 e. The molecule has 5 atom stereocenters. The minimum absolute atomic E-state index is 0.622. The second-order valence-corrected chi connectivity index (χ2v) is 6.13. The zero-order valence-corrected chi connectivity index (χ0v) is 15.6. The van der Waals surface area contributed by atoms with Gasteiger partial charge in [0.25, 0.3) is 0 Å². The summed E-state index contributed by atoms with van der Waals surface area (Å²) < 4.78 is 20.2. The number of rotatable bonds is 6. The summed E-state index contributed by atoms with van der Waals surface area (Å²) in [5, 5.41) is 13.6. The van der Waals surface area contributed by atoms with Gasteiger partial charge in [0.15, 0.2) is 23.9 Å². The van der Waals surface area contributed by atoms with E-state index in [2.05, 4.69) is 5.32 Å². The molecule has 0 radical (unpaired) electrons. The standard InChI is InChI=1S/C16H23NO10/c1-7(18)17-14-12(25-9(3)20)13(26-10(4)21)15(27-11(5)22)16(14,23)6-24-8(2)19/h12-15,23H,6H2,1-5H3,(H,17,18)/t12-,13-,14+,15+,16-/m1/s1. The Kier molecular flexibility index (Phi) is 7.28. The highest BCUT2D eigenvalue weighted by atomic mass is 16.6. The lowest BCUT2D eigenvalue weighted by Crippen LogP contribution is -2.60. The van der Waals surface area contributed by atoms with E-state index in [0.29, 0.717) is 0 Å². The molecule has 0 aromatic carbocycles. The molecule has 1 aliphatic rings. The Labute approximate surface area is 155 Å². The second-order valence-electron chi connectivity index (χ2n) is 6.13. The molecular formula is C16H23NO10. The van der Waals surface area contributed by atoms with Gasteiger partial charge in [0.1, 0.15) is 12.6 Å². The van der Waals surface area contributed by atoms with Crippen LogP contribution in [0.1, 0.15) is 34.6 Å². The molecule has 0 heterocycles. The van der Waals surface area contributed by atoms with Crippen molar-refractivity contribution in [3.8, 4) is 0 Å². The highest BCUT2D eigenvalue weighted by molar-refractivity contribution is 5.74. The number of nitrogens with one attached hydrogen (secondary N) is 1. The molecule has 1 fully saturated rings. The van der Waals surface area contributed by atoms with Gasteiger partial charge in [-0.25, -0.2) is 0 Å². The molecule has 1 saturated carbocycles. The third-order valence-corrected chi connectivity index (χ3v) is 3.74. The minimum atomic E-state index is -2.23. The Morgan fingerprint density at radius 3 is 1.70 bits per heavy atom. The zero-order valence-electron chi connectivity index (χ0n) is 15.6. The van der Waals surface area contributed by atoms with Gasteiger partial charge in [-0.1, -0.05) is 0 Å². The fourth-order valence-corrected chi connectivity index (χ4v) is 2.92. The number of carbonyl (C=O) groups excluding carboxylic acids is 5. The molecule has 2 N–H and O–H groups in total. The number of esters is 4. The summed E-state index contributed by atoms with van der Waals surface area (Å²) >= 11 is 0. The van der Waals surface area contributed by atoms with Crippen LogP contribution >= 0.6 is 0 Å². The quantitative estimate of drug-likeness (QED) is 0.409. The number of hydrogen-bond acceptors (Lipinski definition) is 10. The van der Waals surface area contributed by atoms with Crippen molar-refractivity contribution in [1.29, 1.82) is 0 Å². The SMILES string of the molecule is CC(=O)N[C@H]1[C@H](OC(C)=O)[C@@H](OC(C)=O)[C@H](OC(C)=O)[C@@]1(O)COC(C)=O. The van der Waals surface area contributed by atoms with E-state index in [9.17, 15) is 29.1 Å². The van der Waals surface area contributed by atoms with Gasteiger partial charge < -0.3 is 29.4 Å². The van der Waals surface area contributed by atoms with E-state index in [0.717, 1.165) is 34.6 Å². The Hall–Kier alpha value is -2.69. The van der Waals surface area contributed by atoms with Gasteiger partial charge >= 0.3 is 23.9 Å². The van der Waals surface area contributed by atoms with Gasteiger partial charge in [0, 0.05) is 34.6 Å². The summed E-state index contributed by atoms with van der Waals surface area (Å²) in [5.74, 6) is -3.84. The number of ether oxygens (including phenoxy) is 4. The Balaban J connectivity index is 3.48. The van der Waals surface area contributed by atoms with Gasteiger partial charge in [0.2, 0.25) is 5.91 Å². The van der Waals surface area contributed by atoms with E-state index in [4.69, 9.17) is 18.9 Å². The largest absolute Gasteiger partial charge is 0.463 e. The van der Waals surface area contributed by atoms with Gasteiger partial charge in [0.05, 0.1) is 0 Å². The van der Waals surface area contributed by atoms with Crippen molar-refractivity contribution in [3.63, 3.8) is 0 Å². The number of amides is 1. The van der Waals surface area contributed by atoms with Crippen LogP contribution in [-0.4, -0.2) is 71.5 Å². The van der Waals surface area contributed by atoms with E-state index in [-0.39, 0.29) is 0 Å². The highest BCUT2D eigenvalue weighted by Gasteiger charge is 2.66. The molecule has 0 aliphatic heterocycles. The average molecular weight is 389 g/mol. The lowest BCUT2D eigenvalue weighted by atomic mass is 9.95. The summed E-state index contributed by atoms with van der Waals surface area (Å²) in [4.78, 5) is 57.4. The molecule has 152 valence electrons. The Bertz CT molecular complexity index is 589. The van der Waals surface area contributed by atoms with Gasteiger partial charge in [-0.2, -0.15) is 0 Å². The smallest absolute Gasteiger partial charge is 0.303 e. The lowest BCUT2D eigenvalue weighted by molar-refractivity contribution is -0.189. The van der Waals surface area contributed by atoms with E-state index in [1.807, 2.05) is 0 Å². The predicted octanol–water partition coefficient (Wildman–Crippen LogP) is -1.41. The average Bonchev–Trinajstić information content (AvgIpc) is 2.67. The van der Waals surface area contributed by atoms with E-state index in [1.165, 1.54) is 0 Å². The van der Waals surface area contributed by atoms with Crippen molar-refractivity contribution in [2.45, 2.75) is 64.6 Å². The fourth-order valence-electron chi connectivity index (χ4n) is 2.92. The van der Waals surface area contributed by atoms with Crippen LogP contribution in [0.5, 0.6) is 0 Å². The molecule has 0 aromatic heterocycles. The van der Waals surface area contributed by atoms with E-state index >= 15 is 0 Å². The summed E-state index contributed by atoms with van der Waals surface area (Å²) in [7, 11) is 0. The Morgan fingerprint density at radius 2 is 1.30 bits per heavy atom. The topological polar surface area (TPSA) is 155 Å². The van der Waals surface area contributed by atoms with Crippen LogP contribution in [-0.2, 0) is 42.9 Å². The zero-order chi connectivity index (χ0) is 20.9. The highest BCUT2D eigenvalue weighted by Crippen LogP contribution is 2.38. The summed E-state index contributed by atoms with van der Waals surface area (Å²) in [5.41, 5.74) is -2.23. The van der Waals surface area contributed by atoms with Crippen molar-refractivity contribution in [2.24, 2.45) is 0 Å². The molecule has 0 saturated heterocycles. The molecule has 0 bridgehead atoms. The van der Waals surface area contributed by atoms with Crippen molar-refractivity contribution in [2.75, 3.05) is 6.61 Å². The predicted molar refractivity (Wildman–Crippen MR) is 85.8 cm³/mol. The van der Waals surface area contributed by atoms with Crippen LogP contribution in [0.3, 0.4) is 0 Å². The van der Waals surface area contributed by atoms with E-state index < -0.39 is 66.3 Å². The first-order chi connectivity index (χ1) is 12.4. The number of hydrogen-bond donors (Lipinski definition) is 2.